The van der Waals surface area contributed by atoms with E-state index < -0.39 is 12.2 Å². The molecule has 0 unspecified atom stereocenters. The van der Waals surface area contributed by atoms with Crippen molar-refractivity contribution in [1.29, 1.82) is 0 Å². The summed E-state index contributed by atoms with van der Waals surface area (Å²) in [6.45, 7) is 5.26. The van der Waals surface area contributed by atoms with Crippen molar-refractivity contribution in [2.45, 2.75) is 117 Å². The third-order valence-corrected chi connectivity index (χ3v) is 9.47. The molecule has 0 saturated carbocycles. The highest BCUT2D eigenvalue weighted by atomic mass is 32.2. The van der Waals surface area contributed by atoms with Crippen molar-refractivity contribution >= 4 is 24.3 Å². The van der Waals surface area contributed by atoms with Gasteiger partial charge in [0.05, 0.1) is 25.3 Å². The number of carbonyl (C=O) groups is 2. The molecule has 9 heteroatoms. The molecule has 0 N–H and O–H groups in total. The average molecular weight is 721 g/mol. The lowest BCUT2D eigenvalue weighted by molar-refractivity contribution is 0.116. The van der Waals surface area contributed by atoms with E-state index in [9.17, 15) is 9.59 Å². The Labute approximate surface area is 311 Å². The van der Waals surface area contributed by atoms with Crippen LogP contribution < -0.4 is 9.47 Å². The number of benzene rings is 3. The molecule has 280 valence electrons. The fourth-order valence-electron chi connectivity index (χ4n) is 5.54. The lowest BCUT2D eigenvalue weighted by Crippen LogP contribution is -2.37. The number of ether oxygens (including phenoxy) is 4. The van der Waals surface area contributed by atoms with Crippen LogP contribution >= 0.6 is 12.1 Å². The fourth-order valence-corrected chi connectivity index (χ4v) is 6.38. The van der Waals surface area contributed by atoms with Gasteiger partial charge in [0, 0.05) is 6.54 Å². The lowest BCUT2D eigenvalue weighted by Gasteiger charge is -2.27. The zero-order chi connectivity index (χ0) is 36.2. The molecule has 0 heterocycles. The summed E-state index contributed by atoms with van der Waals surface area (Å²) in [5.41, 5.74) is 0.901. The summed E-state index contributed by atoms with van der Waals surface area (Å²) >= 11 is 1.02. The van der Waals surface area contributed by atoms with Gasteiger partial charge in [-0.25, -0.2) is 18.2 Å². The van der Waals surface area contributed by atoms with Crippen LogP contribution in [0.1, 0.15) is 116 Å². The van der Waals surface area contributed by atoms with Crippen LogP contribution in [0.2, 0.25) is 0 Å². The molecule has 3 aromatic rings. The number of rotatable bonds is 27. The predicted octanol–water partition coefficient (Wildman–Crippen LogP) is 12.4. The first-order valence-electron chi connectivity index (χ1n) is 19.2. The minimum absolute atomic E-state index is 0.155. The highest BCUT2D eigenvalue weighted by Crippen LogP contribution is 2.25. The Morgan fingerprint density at radius 1 is 0.529 bits per heavy atom. The molecule has 0 saturated heterocycles. The molecule has 51 heavy (non-hydrogen) atoms. The van der Waals surface area contributed by atoms with Crippen LogP contribution in [0.3, 0.4) is 0 Å². The minimum atomic E-state index is -0.532. The van der Waals surface area contributed by atoms with E-state index in [4.69, 9.17) is 18.9 Å². The van der Waals surface area contributed by atoms with Gasteiger partial charge >= 0.3 is 12.2 Å². The summed E-state index contributed by atoms with van der Waals surface area (Å²) in [4.78, 5) is 26.3. The van der Waals surface area contributed by atoms with E-state index in [1.807, 2.05) is 84.9 Å². The Morgan fingerprint density at radius 3 is 1.57 bits per heavy atom. The summed E-state index contributed by atoms with van der Waals surface area (Å²) in [6.07, 6.45) is 18.0. The van der Waals surface area contributed by atoms with Crippen LogP contribution in [0.25, 0.3) is 0 Å². The molecular weight excluding hydrogens is 661 g/mol. The molecular formula is C42H60N2O6S. The van der Waals surface area contributed by atoms with Crippen molar-refractivity contribution in [3.63, 3.8) is 0 Å². The van der Waals surface area contributed by atoms with Crippen molar-refractivity contribution < 1.29 is 28.5 Å². The minimum Gasteiger partial charge on any atom is -0.492 e. The van der Waals surface area contributed by atoms with Gasteiger partial charge in [-0.2, -0.15) is 0 Å². The monoisotopic (exact) mass is 720 g/mol. The lowest BCUT2D eigenvalue weighted by atomic mass is 10.0. The van der Waals surface area contributed by atoms with Gasteiger partial charge in [0.2, 0.25) is 0 Å². The molecule has 0 spiro atoms. The first-order chi connectivity index (χ1) is 25.1. The first kappa shape index (κ1) is 41.6. The van der Waals surface area contributed by atoms with Crippen molar-refractivity contribution in [2.24, 2.45) is 0 Å². The van der Waals surface area contributed by atoms with Gasteiger partial charge in [-0.05, 0) is 55.3 Å². The Hall–Kier alpha value is -3.85. The smallest absolute Gasteiger partial charge is 0.421 e. The molecule has 0 aliphatic heterocycles. The van der Waals surface area contributed by atoms with Gasteiger partial charge < -0.3 is 18.9 Å². The molecule has 0 aliphatic carbocycles. The fraction of sp³-hybridized carbons (Fsp3) is 0.524. The number of unbranched alkanes of at least 4 members (excludes halogenated alkanes) is 14. The van der Waals surface area contributed by atoms with E-state index in [1.54, 1.807) is 6.92 Å². The third-order valence-electron chi connectivity index (χ3n) is 8.41. The third kappa shape index (κ3) is 18.8. The van der Waals surface area contributed by atoms with Crippen LogP contribution in [0, 0.1) is 0 Å². The second-order valence-corrected chi connectivity index (χ2v) is 13.8. The van der Waals surface area contributed by atoms with Gasteiger partial charge in [-0.15, -0.1) is 0 Å². The van der Waals surface area contributed by atoms with E-state index in [2.05, 4.69) is 6.92 Å². The predicted molar refractivity (Wildman–Crippen MR) is 208 cm³/mol. The van der Waals surface area contributed by atoms with Gasteiger partial charge in [-0.3, -0.25) is 0 Å². The number of amides is 2. The van der Waals surface area contributed by atoms with E-state index in [0.717, 1.165) is 42.7 Å². The molecule has 0 radical (unpaired) electrons. The Bertz CT molecular complexity index is 1310. The largest absolute Gasteiger partial charge is 0.492 e. The summed E-state index contributed by atoms with van der Waals surface area (Å²) in [7, 11) is 0. The zero-order valence-corrected chi connectivity index (χ0v) is 31.8. The maximum atomic E-state index is 13.3. The molecule has 0 fully saturated rings. The quantitative estimate of drug-likeness (QED) is 0.0573. The van der Waals surface area contributed by atoms with E-state index in [1.165, 1.54) is 85.7 Å². The maximum Gasteiger partial charge on any atom is 0.421 e. The van der Waals surface area contributed by atoms with Crippen molar-refractivity contribution in [3.05, 3.63) is 90.5 Å². The summed E-state index contributed by atoms with van der Waals surface area (Å²) in [5, 5.41) is 0. The van der Waals surface area contributed by atoms with Crippen LogP contribution in [0.5, 0.6) is 17.2 Å². The molecule has 0 aliphatic rings. The highest BCUT2D eigenvalue weighted by molar-refractivity contribution is 7.95. The Kier molecular flexibility index (Phi) is 21.9. The summed E-state index contributed by atoms with van der Waals surface area (Å²) in [6, 6.07) is 26.5. The van der Waals surface area contributed by atoms with Gasteiger partial charge in [0.1, 0.15) is 30.5 Å². The molecule has 0 aromatic heterocycles. The average Bonchev–Trinajstić information content (AvgIpc) is 3.16. The van der Waals surface area contributed by atoms with Gasteiger partial charge in [0.25, 0.3) is 0 Å². The van der Waals surface area contributed by atoms with Crippen LogP contribution in [-0.2, 0) is 16.1 Å². The maximum absolute atomic E-state index is 13.3. The van der Waals surface area contributed by atoms with Crippen molar-refractivity contribution in [2.75, 3.05) is 26.3 Å². The number of carbonyl (C=O) groups excluding carboxylic acids is 2. The van der Waals surface area contributed by atoms with Crippen LogP contribution in [-0.4, -0.2) is 47.1 Å². The van der Waals surface area contributed by atoms with Gasteiger partial charge in [0.15, 0.2) is 0 Å². The normalized spacial score (nSPS) is 10.8. The molecule has 0 atom stereocenters. The first-order valence-corrected chi connectivity index (χ1v) is 19.9. The molecule has 3 aromatic carbocycles. The second-order valence-electron chi connectivity index (χ2n) is 12.7. The molecule has 2 amide bonds. The SMILES string of the molecule is CCCCCCCCCCCCCCCCCN(SN(CCOc1ccc(Oc2ccccc2)cc1)C(=O)OCC)C(=O)OCc1ccccc1. The second kappa shape index (κ2) is 26.9. The van der Waals surface area contributed by atoms with E-state index >= 15 is 0 Å². The standard InChI is InChI=1S/C42H60N2O6S/c1-3-5-6-7-8-9-10-11-12-13-14-15-16-17-24-33-43(42(46)49-36-37-25-20-18-21-26-37)51-44(41(45)47-4-2)34-35-48-38-29-31-40(32-30-38)50-39-27-22-19-23-28-39/h18-23,25-32H,3-17,24,33-36H2,1-2H3. The number of hydrogen-bond donors (Lipinski definition) is 0. The van der Waals surface area contributed by atoms with E-state index in [0.29, 0.717) is 18.0 Å². The number of nitrogens with zero attached hydrogens (tertiary/aromatic N) is 2. The number of para-hydroxylation sites is 1. The highest BCUT2D eigenvalue weighted by Gasteiger charge is 2.25. The molecule has 0 bridgehead atoms. The topological polar surface area (TPSA) is 77.5 Å². The zero-order valence-electron chi connectivity index (χ0n) is 31.0. The number of hydrogen-bond acceptors (Lipinski definition) is 7. The van der Waals surface area contributed by atoms with Crippen LogP contribution in [0.4, 0.5) is 9.59 Å². The molecule has 3 rings (SSSR count). The summed E-state index contributed by atoms with van der Waals surface area (Å²) < 4.78 is 25.8. The Morgan fingerprint density at radius 2 is 1.00 bits per heavy atom. The van der Waals surface area contributed by atoms with Crippen molar-refractivity contribution in [3.8, 4) is 17.2 Å². The van der Waals surface area contributed by atoms with Crippen molar-refractivity contribution in [1.82, 2.24) is 8.61 Å². The van der Waals surface area contributed by atoms with E-state index in [-0.39, 0.29) is 26.4 Å². The summed E-state index contributed by atoms with van der Waals surface area (Å²) in [5.74, 6) is 2.09. The van der Waals surface area contributed by atoms with Gasteiger partial charge in [-0.1, -0.05) is 145 Å². The molecule has 8 nitrogen and oxygen atoms in total. The Balaban J connectivity index is 1.44. The van der Waals surface area contributed by atoms with Crippen LogP contribution in [0.15, 0.2) is 84.9 Å².